The molecule has 0 aromatic heterocycles. The van der Waals surface area contributed by atoms with Gasteiger partial charge >= 0.3 is 0 Å². The molecule has 0 saturated heterocycles. The molecular formula is C19H22ClN3O5S. The highest BCUT2D eigenvalue weighted by Crippen LogP contribution is 2.29. The van der Waals surface area contributed by atoms with Crippen LogP contribution >= 0.6 is 11.6 Å². The molecule has 0 fully saturated rings. The second-order valence-corrected chi connectivity index (χ2v) is 8.34. The van der Waals surface area contributed by atoms with E-state index >= 15 is 0 Å². The van der Waals surface area contributed by atoms with Crippen LogP contribution in [0.15, 0.2) is 41.5 Å². The van der Waals surface area contributed by atoms with E-state index in [4.69, 9.17) is 21.1 Å². The first kappa shape index (κ1) is 22.5. The molecule has 2 aromatic carbocycles. The molecule has 0 aliphatic rings. The third-order valence-electron chi connectivity index (χ3n) is 4.02. The van der Waals surface area contributed by atoms with E-state index in [1.807, 2.05) is 0 Å². The van der Waals surface area contributed by atoms with Crippen LogP contribution in [0.25, 0.3) is 0 Å². The lowest BCUT2D eigenvalue weighted by Gasteiger charge is -2.23. The molecule has 0 aliphatic heterocycles. The van der Waals surface area contributed by atoms with Gasteiger partial charge in [-0.25, -0.2) is 13.8 Å². The van der Waals surface area contributed by atoms with Crippen molar-refractivity contribution in [2.24, 2.45) is 5.10 Å². The van der Waals surface area contributed by atoms with Gasteiger partial charge in [-0.3, -0.25) is 9.10 Å². The molecule has 0 bridgehead atoms. The van der Waals surface area contributed by atoms with Crippen LogP contribution in [0.3, 0.4) is 0 Å². The van der Waals surface area contributed by atoms with Crippen molar-refractivity contribution in [1.29, 1.82) is 0 Å². The number of amides is 1. The smallest absolute Gasteiger partial charge is 0.260 e. The van der Waals surface area contributed by atoms with Crippen LogP contribution in [0.4, 0.5) is 5.69 Å². The fourth-order valence-electron chi connectivity index (χ4n) is 2.60. The second-order valence-electron chi connectivity index (χ2n) is 6.03. The Morgan fingerprint density at radius 3 is 2.52 bits per heavy atom. The molecule has 2 rings (SSSR count). The van der Waals surface area contributed by atoms with Gasteiger partial charge in [0.1, 0.15) is 6.54 Å². The number of anilines is 1. The Morgan fingerprint density at radius 2 is 1.90 bits per heavy atom. The fraction of sp³-hybridized carbons (Fsp3) is 0.263. The molecule has 0 atom stereocenters. The van der Waals surface area contributed by atoms with Crippen molar-refractivity contribution in [2.75, 3.05) is 31.3 Å². The molecule has 0 unspecified atom stereocenters. The van der Waals surface area contributed by atoms with Crippen molar-refractivity contribution in [3.63, 3.8) is 0 Å². The van der Waals surface area contributed by atoms with Gasteiger partial charge in [-0.05, 0) is 36.8 Å². The predicted molar refractivity (Wildman–Crippen MR) is 114 cm³/mol. The third kappa shape index (κ3) is 5.61. The number of methoxy groups -OCH3 is 2. The third-order valence-corrected chi connectivity index (χ3v) is 5.56. The number of para-hydroxylation sites is 1. The number of benzene rings is 2. The molecular weight excluding hydrogens is 418 g/mol. The number of hydrazone groups is 1. The van der Waals surface area contributed by atoms with Gasteiger partial charge in [0.25, 0.3) is 5.91 Å². The van der Waals surface area contributed by atoms with Crippen molar-refractivity contribution in [2.45, 2.75) is 6.92 Å². The Hall–Kier alpha value is -2.78. The van der Waals surface area contributed by atoms with E-state index in [2.05, 4.69) is 10.5 Å². The van der Waals surface area contributed by atoms with E-state index < -0.39 is 22.5 Å². The molecule has 0 spiro atoms. The summed E-state index contributed by atoms with van der Waals surface area (Å²) in [5.41, 5.74) is 3.78. The maximum atomic E-state index is 12.3. The van der Waals surface area contributed by atoms with Gasteiger partial charge in [-0.1, -0.05) is 23.7 Å². The molecule has 0 saturated carbocycles. The van der Waals surface area contributed by atoms with Gasteiger partial charge in [0.2, 0.25) is 10.0 Å². The normalized spacial score (nSPS) is 11.3. The Bertz CT molecular complexity index is 1020. The summed E-state index contributed by atoms with van der Waals surface area (Å²) in [4.78, 5) is 12.3. The van der Waals surface area contributed by atoms with Crippen LogP contribution in [0.2, 0.25) is 5.02 Å². The standard InChI is InChI=1S/C19H22ClN3O5S/c1-13-15(20)8-6-9-16(13)23(29(4,25)26)12-18(24)22-21-11-14-7-5-10-17(27-2)19(14)28-3/h5-11H,12H2,1-4H3,(H,22,24)/b21-11-. The number of nitrogens with one attached hydrogen (secondary N) is 1. The van der Waals surface area contributed by atoms with E-state index in [0.29, 0.717) is 33.3 Å². The maximum Gasteiger partial charge on any atom is 0.260 e. The van der Waals surface area contributed by atoms with Crippen LogP contribution in [0, 0.1) is 6.92 Å². The zero-order chi connectivity index (χ0) is 21.6. The molecule has 2 aromatic rings. The van der Waals surface area contributed by atoms with E-state index in [1.165, 1.54) is 20.4 Å². The highest BCUT2D eigenvalue weighted by atomic mass is 35.5. The number of rotatable bonds is 8. The van der Waals surface area contributed by atoms with Gasteiger partial charge in [-0.2, -0.15) is 5.10 Å². The zero-order valence-corrected chi connectivity index (χ0v) is 18.0. The van der Waals surface area contributed by atoms with Crippen molar-refractivity contribution < 1.29 is 22.7 Å². The molecule has 0 aliphatic carbocycles. The summed E-state index contributed by atoms with van der Waals surface area (Å²) in [5, 5.41) is 4.29. The summed E-state index contributed by atoms with van der Waals surface area (Å²) in [5.74, 6) is 0.357. The largest absolute Gasteiger partial charge is 0.493 e. The molecule has 10 heteroatoms. The highest BCUT2D eigenvalue weighted by molar-refractivity contribution is 7.92. The molecule has 1 N–H and O–H groups in total. The van der Waals surface area contributed by atoms with E-state index in [9.17, 15) is 13.2 Å². The van der Waals surface area contributed by atoms with Crippen molar-refractivity contribution in [3.05, 3.63) is 52.5 Å². The molecule has 29 heavy (non-hydrogen) atoms. The van der Waals surface area contributed by atoms with Crippen molar-refractivity contribution in [3.8, 4) is 11.5 Å². The number of ether oxygens (including phenoxy) is 2. The molecule has 0 radical (unpaired) electrons. The zero-order valence-electron chi connectivity index (χ0n) is 16.5. The summed E-state index contributed by atoms with van der Waals surface area (Å²) in [6, 6.07) is 10.1. The summed E-state index contributed by atoms with van der Waals surface area (Å²) >= 11 is 6.08. The van der Waals surface area contributed by atoms with Gasteiger partial charge < -0.3 is 9.47 Å². The van der Waals surface area contributed by atoms with Crippen LogP contribution in [0.1, 0.15) is 11.1 Å². The number of hydrogen-bond donors (Lipinski definition) is 1. The lowest BCUT2D eigenvalue weighted by atomic mass is 10.2. The number of carbonyl (C=O) groups is 1. The van der Waals surface area contributed by atoms with Crippen LogP contribution in [-0.4, -0.2) is 47.6 Å². The molecule has 8 nitrogen and oxygen atoms in total. The molecule has 1 amide bonds. The number of carbonyl (C=O) groups excluding carboxylic acids is 1. The number of hydrogen-bond acceptors (Lipinski definition) is 6. The van der Waals surface area contributed by atoms with Gasteiger partial charge in [-0.15, -0.1) is 0 Å². The summed E-state index contributed by atoms with van der Waals surface area (Å²) in [6.45, 7) is 1.23. The Labute approximate surface area is 175 Å². The SMILES string of the molecule is COc1cccc(/C=N\NC(=O)CN(c2cccc(Cl)c2C)S(C)(=O)=O)c1OC. The van der Waals surface area contributed by atoms with Gasteiger partial charge in [0.15, 0.2) is 11.5 Å². The minimum absolute atomic E-state index is 0.327. The van der Waals surface area contributed by atoms with Gasteiger partial charge in [0.05, 0.1) is 32.4 Å². The minimum Gasteiger partial charge on any atom is -0.493 e. The maximum absolute atomic E-state index is 12.3. The predicted octanol–water partition coefficient (Wildman–Crippen LogP) is 2.58. The first-order chi connectivity index (χ1) is 13.7. The van der Waals surface area contributed by atoms with Crippen LogP contribution < -0.4 is 19.2 Å². The van der Waals surface area contributed by atoms with Crippen LogP contribution in [-0.2, 0) is 14.8 Å². The minimum atomic E-state index is -3.72. The Balaban J connectivity index is 2.18. The molecule has 156 valence electrons. The summed E-state index contributed by atoms with van der Waals surface area (Å²) in [7, 11) is -0.721. The van der Waals surface area contributed by atoms with Gasteiger partial charge in [0, 0.05) is 10.6 Å². The second kappa shape index (κ2) is 9.62. The lowest BCUT2D eigenvalue weighted by molar-refractivity contribution is -0.119. The van der Waals surface area contributed by atoms with E-state index in [0.717, 1.165) is 10.6 Å². The number of sulfonamides is 1. The van der Waals surface area contributed by atoms with E-state index in [-0.39, 0.29) is 0 Å². The van der Waals surface area contributed by atoms with E-state index in [1.54, 1.807) is 43.3 Å². The molecule has 0 heterocycles. The van der Waals surface area contributed by atoms with Crippen LogP contribution in [0.5, 0.6) is 11.5 Å². The first-order valence-electron chi connectivity index (χ1n) is 8.44. The number of nitrogens with zero attached hydrogens (tertiary/aromatic N) is 2. The van der Waals surface area contributed by atoms with Crippen molar-refractivity contribution >= 4 is 39.4 Å². The summed E-state index contributed by atoms with van der Waals surface area (Å²) in [6.07, 6.45) is 2.40. The fourth-order valence-corrected chi connectivity index (χ4v) is 3.68. The quantitative estimate of drug-likeness (QED) is 0.503. The average molecular weight is 440 g/mol. The number of halogens is 1. The topological polar surface area (TPSA) is 97.3 Å². The lowest BCUT2D eigenvalue weighted by Crippen LogP contribution is -2.39. The monoisotopic (exact) mass is 439 g/mol. The Morgan fingerprint density at radius 1 is 1.21 bits per heavy atom. The van der Waals surface area contributed by atoms with Crippen molar-refractivity contribution in [1.82, 2.24) is 5.43 Å². The highest BCUT2D eigenvalue weighted by Gasteiger charge is 2.23. The Kier molecular flexibility index (Phi) is 7.46. The first-order valence-corrected chi connectivity index (χ1v) is 10.7. The summed E-state index contributed by atoms with van der Waals surface area (Å²) < 4.78 is 35.9. The average Bonchev–Trinajstić information content (AvgIpc) is 2.67.